The van der Waals surface area contributed by atoms with Crippen LogP contribution in [0.3, 0.4) is 0 Å². The number of rotatable bonds is 8. The fraction of sp³-hybridized carbons (Fsp3) is 0.250. The lowest BCUT2D eigenvalue weighted by Crippen LogP contribution is -2.21. The van der Waals surface area contributed by atoms with E-state index in [1.165, 1.54) is 0 Å². The number of amides is 2. The molecule has 0 spiro atoms. The van der Waals surface area contributed by atoms with Crippen LogP contribution in [-0.4, -0.2) is 24.4 Å². The molecule has 142 valence electrons. The molecule has 0 fully saturated rings. The fourth-order valence-electron chi connectivity index (χ4n) is 2.22. The van der Waals surface area contributed by atoms with Gasteiger partial charge in [0.15, 0.2) is 6.61 Å². The van der Waals surface area contributed by atoms with Gasteiger partial charge in [-0.1, -0.05) is 41.4 Å². The van der Waals surface area contributed by atoms with E-state index in [2.05, 4.69) is 10.6 Å². The average Bonchev–Trinajstić information content (AvgIpc) is 2.64. The molecular weight excluding hydrogens is 368 g/mol. The van der Waals surface area contributed by atoms with Gasteiger partial charge in [0.1, 0.15) is 0 Å². The molecule has 0 heterocycles. The summed E-state index contributed by atoms with van der Waals surface area (Å²) in [5.41, 5.74) is 2.25. The molecule has 27 heavy (non-hydrogen) atoms. The van der Waals surface area contributed by atoms with Gasteiger partial charge in [-0.2, -0.15) is 0 Å². The van der Waals surface area contributed by atoms with Gasteiger partial charge in [-0.3, -0.25) is 14.4 Å². The standard InChI is InChI=1S/C20H21ClN2O4/c1-14-9-11-15(12-10-14)22-19(25)13-27-20(26)8-4-7-18(24)23-17-6-3-2-5-16(17)21/h2-3,5-6,9-12H,4,7-8,13H2,1H3,(H,22,25)(H,23,24). The predicted octanol–water partition coefficient (Wildman–Crippen LogP) is 3.94. The van der Waals surface area contributed by atoms with Crippen molar-refractivity contribution in [3.8, 4) is 0 Å². The Kier molecular flexibility index (Phi) is 7.82. The van der Waals surface area contributed by atoms with Gasteiger partial charge in [0.05, 0.1) is 10.7 Å². The molecule has 0 bridgehead atoms. The molecule has 2 aromatic rings. The Balaban J connectivity index is 1.63. The summed E-state index contributed by atoms with van der Waals surface area (Å²) in [4.78, 5) is 35.3. The second kappa shape index (κ2) is 10.3. The van der Waals surface area contributed by atoms with Crippen molar-refractivity contribution >= 4 is 40.8 Å². The maximum atomic E-state index is 11.9. The Morgan fingerprint density at radius 2 is 1.63 bits per heavy atom. The largest absolute Gasteiger partial charge is 0.456 e. The maximum absolute atomic E-state index is 11.9. The number of aryl methyl sites for hydroxylation is 1. The molecule has 2 amide bonds. The number of hydrogen-bond acceptors (Lipinski definition) is 4. The first-order valence-electron chi connectivity index (χ1n) is 8.50. The van der Waals surface area contributed by atoms with Crippen molar-refractivity contribution in [2.45, 2.75) is 26.2 Å². The number of nitrogens with one attached hydrogen (secondary N) is 2. The number of para-hydroxylation sites is 1. The van der Waals surface area contributed by atoms with Gasteiger partial charge in [-0.05, 0) is 37.6 Å². The summed E-state index contributed by atoms with van der Waals surface area (Å²) in [5, 5.41) is 5.77. The number of esters is 1. The highest BCUT2D eigenvalue weighted by atomic mass is 35.5. The normalized spacial score (nSPS) is 10.1. The van der Waals surface area contributed by atoms with Crippen LogP contribution in [0, 0.1) is 6.92 Å². The number of halogens is 1. The predicted molar refractivity (Wildman–Crippen MR) is 105 cm³/mol. The quantitative estimate of drug-likeness (QED) is 0.671. The summed E-state index contributed by atoms with van der Waals surface area (Å²) >= 11 is 5.96. The van der Waals surface area contributed by atoms with Crippen molar-refractivity contribution in [1.82, 2.24) is 0 Å². The number of carbonyl (C=O) groups excluding carboxylic acids is 3. The van der Waals surface area contributed by atoms with Crippen LogP contribution in [0.15, 0.2) is 48.5 Å². The van der Waals surface area contributed by atoms with Crippen LogP contribution < -0.4 is 10.6 Å². The van der Waals surface area contributed by atoms with E-state index in [0.717, 1.165) is 5.56 Å². The average molecular weight is 389 g/mol. The van der Waals surface area contributed by atoms with Crippen molar-refractivity contribution in [2.24, 2.45) is 0 Å². The molecule has 6 nitrogen and oxygen atoms in total. The fourth-order valence-corrected chi connectivity index (χ4v) is 2.40. The van der Waals surface area contributed by atoms with Gasteiger partial charge in [-0.15, -0.1) is 0 Å². The Labute approximate surface area is 162 Å². The van der Waals surface area contributed by atoms with E-state index in [0.29, 0.717) is 22.8 Å². The van der Waals surface area contributed by atoms with Crippen LogP contribution in [0.2, 0.25) is 5.02 Å². The Morgan fingerprint density at radius 1 is 0.926 bits per heavy atom. The maximum Gasteiger partial charge on any atom is 0.306 e. The minimum Gasteiger partial charge on any atom is -0.456 e. The molecule has 2 aromatic carbocycles. The first-order valence-corrected chi connectivity index (χ1v) is 8.88. The van der Waals surface area contributed by atoms with E-state index >= 15 is 0 Å². The minimum absolute atomic E-state index is 0.0494. The van der Waals surface area contributed by atoms with Crippen LogP contribution in [0.5, 0.6) is 0 Å². The van der Waals surface area contributed by atoms with Crippen LogP contribution >= 0.6 is 11.6 Å². The van der Waals surface area contributed by atoms with Gasteiger partial charge >= 0.3 is 5.97 Å². The van der Waals surface area contributed by atoms with E-state index in [-0.39, 0.29) is 25.4 Å². The van der Waals surface area contributed by atoms with Crippen molar-refractivity contribution in [2.75, 3.05) is 17.2 Å². The SMILES string of the molecule is Cc1ccc(NC(=O)COC(=O)CCCC(=O)Nc2ccccc2Cl)cc1. The molecule has 0 atom stereocenters. The van der Waals surface area contributed by atoms with Crippen molar-refractivity contribution in [3.05, 3.63) is 59.1 Å². The molecule has 0 unspecified atom stereocenters. The molecule has 0 aromatic heterocycles. The van der Waals surface area contributed by atoms with E-state index in [9.17, 15) is 14.4 Å². The number of benzene rings is 2. The summed E-state index contributed by atoms with van der Waals surface area (Å²) in [6, 6.07) is 14.2. The van der Waals surface area contributed by atoms with Crippen LogP contribution in [0.1, 0.15) is 24.8 Å². The van der Waals surface area contributed by atoms with Gasteiger partial charge in [0.2, 0.25) is 5.91 Å². The van der Waals surface area contributed by atoms with E-state index in [4.69, 9.17) is 16.3 Å². The van der Waals surface area contributed by atoms with Gasteiger partial charge < -0.3 is 15.4 Å². The first kappa shape index (κ1) is 20.5. The Hall–Kier alpha value is -2.86. The molecule has 0 saturated heterocycles. The van der Waals surface area contributed by atoms with Crippen LogP contribution in [0.4, 0.5) is 11.4 Å². The van der Waals surface area contributed by atoms with Crippen molar-refractivity contribution in [1.29, 1.82) is 0 Å². The zero-order valence-electron chi connectivity index (χ0n) is 15.0. The number of ether oxygens (including phenoxy) is 1. The minimum atomic E-state index is -0.528. The Bertz CT molecular complexity index is 806. The summed E-state index contributed by atoms with van der Waals surface area (Å²) in [6.07, 6.45) is 0.512. The Morgan fingerprint density at radius 3 is 2.33 bits per heavy atom. The first-order chi connectivity index (χ1) is 12.9. The lowest BCUT2D eigenvalue weighted by molar-refractivity contribution is -0.147. The van der Waals surface area contributed by atoms with E-state index < -0.39 is 11.9 Å². The second-order valence-corrected chi connectivity index (χ2v) is 6.36. The molecule has 0 radical (unpaired) electrons. The molecule has 2 N–H and O–H groups in total. The third kappa shape index (κ3) is 7.50. The lowest BCUT2D eigenvalue weighted by atomic mass is 10.2. The molecule has 0 aliphatic rings. The third-order valence-corrected chi connectivity index (χ3v) is 3.96. The second-order valence-electron chi connectivity index (χ2n) is 5.96. The van der Waals surface area contributed by atoms with Crippen LogP contribution in [-0.2, 0) is 19.1 Å². The zero-order valence-corrected chi connectivity index (χ0v) is 15.7. The summed E-state index contributed by atoms with van der Waals surface area (Å²) in [7, 11) is 0. The summed E-state index contributed by atoms with van der Waals surface area (Å²) in [6.45, 7) is 1.58. The highest BCUT2D eigenvalue weighted by molar-refractivity contribution is 6.33. The van der Waals surface area contributed by atoms with Crippen molar-refractivity contribution in [3.63, 3.8) is 0 Å². The number of hydrogen-bond donors (Lipinski definition) is 2. The topological polar surface area (TPSA) is 84.5 Å². The molecular formula is C20H21ClN2O4. The molecule has 2 rings (SSSR count). The lowest BCUT2D eigenvalue weighted by Gasteiger charge is -2.08. The van der Waals surface area contributed by atoms with Gasteiger partial charge in [0, 0.05) is 18.5 Å². The van der Waals surface area contributed by atoms with Crippen molar-refractivity contribution < 1.29 is 19.1 Å². The highest BCUT2D eigenvalue weighted by Crippen LogP contribution is 2.20. The van der Waals surface area contributed by atoms with Gasteiger partial charge in [-0.25, -0.2) is 0 Å². The summed E-state index contributed by atoms with van der Waals surface area (Å²) in [5.74, 6) is -1.18. The van der Waals surface area contributed by atoms with Gasteiger partial charge in [0.25, 0.3) is 5.91 Å². The highest BCUT2D eigenvalue weighted by Gasteiger charge is 2.10. The zero-order chi connectivity index (χ0) is 19.6. The van der Waals surface area contributed by atoms with E-state index in [1.54, 1.807) is 36.4 Å². The van der Waals surface area contributed by atoms with Crippen LogP contribution in [0.25, 0.3) is 0 Å². The monoisotopic (exact) mass is 388 g/mol. The third-order valence-electron chi connectivity index (χ3n) is 3.63. The number of anilines is 2. The molecule has 7 heteroatoms. The summed E-state index contributed by atoms with van der Waals surface area (Å²) < 4.78 is 4.92. The molecule has 0 aliphatic heterocycles. The number of carbonyl (C=O) groups is 3. The smallest absolute Gasteiger partial charge is 0.306 e. The molecule has 0 saturated carbocycles. The molecule has 0 aliphatic carbocycles. The van der Waals surface area contributed by atoms with E-state index in [1.807, 2.05) is 19.1 Å².